The van der Waals surface area contributed by atoms with Gasteiger partial charge in [-0.2, -0.15) is 4.98 Å². The molecule has 1 atom stereocenters. The first-order valence-corrected chi connectivity index (χ1v) is 7.85. The molecule has 1 unspecified atom stereocenters. The van der Waals surface area contributed by atoms with Crippen molar-refractivity contribution < 1.29 is 14.1 Å². The highest BCUT2D eigenvalue weighted by atomic mass is 16.5. The molecule has 0 aliphatic carbocycles. The van der Waals surface area contributed by atoms with Crippen molar-refractivity contribution >= 4 is 5.91 Å². The summed E-state index contributed by atoms with van der Waals surface area (Å²) in [7, 11) is 0. The number of hydrogen-bond donors (Lipinski definition) is 0. The number of carbonyl (C=O) groups is 1. The van der Waals surface area contributed by atoms with Crippen LogP contribution in [0.25, 0.3) is 0 Å². The SMILES string of the molecule is Cc1nc(C2CC(=O)N(Cc3ccc(OC(C)C)cc3)C2)no1. The summed E-state index contributed by atoms with van der Waals surface area (Å²) in [4.78, 5) is 18.3. The van der Waals surface area contributed by atoms with Gasteiger partial charge in [0.1, 0.15) is 5.75 Å². The maximum absolute atomic E-state index is 12.2. The minimum absolute atomic E-state index is 0.0171. The average Bonchev–Trinajstić information content (AvgIpc) is 3.07. The van der Waals surface area contributed by atoms with Crippen LogP contribution in [0.4, 0.5) is 0 Å². The number of amides is 1. The van der Waals surface area contributed by atoms with Gasteiger partial charge in [-0.15, -0.1) is 0 Å². The molecule has 1 saturated heterocycles. The van der Waals surface area contributed by atoms with Crippen LogP contribution in [0.3, 0.4) is 0 Å². The Morgan fingerprint density at radius 1 is 1.35 bits per heavy atom. The maximum atomic E-state index is 12.2. The van der Waals surface area contributed by atoms with Crippen LogP contribution in [-0.4, -0.2) is 33.6 Å². The highest BCUT2D eigenvalue weighted by molar-refractivity contribution is 5.79. The fourth-order valence-electron chi connectivity index (χ4n) is 2.74. The number of ether oxygens (including phenoxy) is 1. The van der Waals surface area contributed by atoms with Gasteiger partial charge in [0.25, 0.3) is 0 Å². The van der Waals surface area contributed by atoms with Gasteiger partial charge in [0, 0.05) is 32.4 Å². The first-order valence-electron chi connectivity index (χ1n) is 7.85. The van der Waals surface area contributed by atoms with Crippen molar-refractivity contribution in [3.05, 3.63) is 41.5 Å². The van der Waals surface area contributed by atoms with Crippen molar-refractivity contribution in [2.75, 3.05) is 6.54 Å². The van der Waals surface area contributed by atoms with Crippen LogP contribution in [0.1, 0.15) is 43.5 Å². The second kappa shape index (κ2) is 6.40. The zero-order chi connectivity index (χ0) is 16.4. The molecular weight excluding hydrogens is 294 g/mol. The molecule has 122 valence electrons. The predicted octanol–water partition coefficient (Wildman–Crippen LogP) is 2.68. The monoisotopic (exact) mass is 315 g/mol. The molecule has 1 aromatic heterocycles. The fraction of sp³-hybridized carbons (Fsp3) is 0.471. The third-order valence-electron chi connectivity index (χ3n) is 3.79. The van der Waals surface area contributed by atoms with E-state index in [-0.39, 0.29) is 17.9 Å². The molecule has 23 heavy (non-hydrogen) atoms. The molecule has 6 nitrogen and oxygen atoms in total. The second-order valence-electron chi connectivity index (χ2n) is 6.16. The summed E-state index contributed by atoms with van der Waals surface area (Å²) in [5, 5.41) is 3.93. The molecule has 1 aliphatic rings. The van der Waals surface area contributed by atoms with Gasteiger partial charge in [0.05, 0.1) is 6.10 Å². The van der Waals surface area contributed by atoms with Crippen molar-refractivity contribution in [3.8, 4) is 5.75 Å². The Labute approximate surface area is 135 Å². The Hall–Kier alpha value is -2.37. The van der Waals surface area contributed by atoms with Crippen LogP contribution in [-0.2, 0) is 11.3 Å². The van der Waals surface area contributed by atoms with E-state index in [4.69, 9.17) is 9.26 Å². The van der Waals surface area contributed by atoms with Gasteiger partial charge in [-0.05, 0) is 31.5 Å². The van der Waals surface area contributed by atoms with E-state index in [2.05, 4.69) is 10.1 Å². The Balaban J connectivity index is 1.63. The van der Waals surface area contributed by atoms with Crippen molar-refractivity contribution in [1.82, 2.24) is 15.0 Å². The molecule has 0 bridgehead atoms. The van der Waals surface area contributed by atoms with Gasteiger partial charge in [0.2, 0.25) is 11.8 Å². The fourth-order valence-corrected chi connectivity index (χ4v) is 2.74. The van der Waals surface area contributed by atoms with Crippen molar-refractivity contribution in [2.45, 2.75) is 45.8 Å². The van der Waals surface area contributed by atoms with E-state index in [1.807, 2.05) is 43.0 Å². The molecule has 1 fully saturated rings. The van der Waals surface area contributed by atoms with Gasteiger partial charge in [-0.3, -0.25) is 4.79 Å². The molecule has 0 saturated carbocycles. The van der Waals surface area contributed by atoms with Crippen molar-refractivity contribution in [1.29, 1.82) is 0 Å². The maximum Gasteiger partial charge on any atom is 0.223 e. The van der Waals surface area contributed by atoms with Crippen LogP contribution >= 0.6 is 0 Å². The van der Waals surface area contributed by atoms with Crippen molar-refractivity contribution in [3.63, 3.8) is 0 Å². The standard InChI is InChI=1S/C17H21N3O3/c1-11(2)22-15-6-4-13(5-7-15)9-20-10-14(8-16(20)21)17-18-12(3)23-19-17/h4-7,11,14H,8-10H2,1-3H3. The lowest BCUT2D eigenvalue weighted by Crippen LogP contribution is -2.24. The predicted molar refractivity (Wildman–Crippen MR) is 84.0 cm³/mol. The van der Waals surface area contributed by atoms with Gasteiger partial charge >= 0.3 is 0 Å². The Morgan fingerprint density at radius 2 is 2.09 bits per heavy atom. The summed E-state index contributed by atoms with van der Waals surface area (Å²) in [5.74, 6) is 2.14. The molecule has 3 rings (SSSR count). The third kappa shape index (κ3) is 3.70. The van der Waals surface area contributed by atoms with Crippen LogP contribution in [0.5, 0.6) is 5.75 Å². The van der Waals surface area contributed by atoms with Crippen LogP contribution in [0, 0.1) is 6.92 Å². The smallest absolute Gasteiger partial charge is 0.223 e. The Bertz CT molecular complexity index is 679. The summed E-state index contributed by atoms with van der Waals surface area (Å²) in [6.07, 6.45) is 0.591. The highest BCUT2D eigenvalue weighted by Gasteiger charge is 2.33. The number of rotatable bonds is 5. The molecule has 6 heteroatoms. The van der Waals surface area contributed by atoms with Gasteiger partial charge < -0.3 is 14.2 Å². The van der Waals surface area contributed by atoms with E-state index in [0.29, 0.717) is 31.2 Å². The van der Waals surface area contributed by atoms with Crippen LogP contribution in [0.2, 0.25) is 0 Å². The largest absolute Gasteiger partial charge is 0.491 e. The summed E-state index contributed by atoms with van der Waals surface area (Å²) in [5.41, 5.74) is 1.08. The number of nitrogens with zero attached hydrogens (tertiary/aromatic N) is 3. The first-order chi connectivity index (χ1) is 11.0. The lowest BCUT2D eigenvalue weighted by molar-refractivity contribution is -0.128. The van der Waals surface area contributed by atoms with E-state index >= 15 is 0 Å². The minimum atomic E-state index is 0.0171. The van der Waals surface area contributed by atoms with Crippen LogP contribution < -0.4 is 4.74 Å². The summed E-state index contributed by atoms with van der Waals surface area (Å²) in [6, 6.07) is 7.87. The van der Waals surface area contributed by atoms with Gasteiger partial charge in [0.15, 0.2) is 5.82 Å². The molecule has 0 N–H and O–H groups in total. The van der Waals surface area contributed by atoms with E-state index in [0.717, 1.165) is 11.3 Å². The first kappa shape index (κ1) is 15.5. The Kier molecular flexibility index (Phi) is 4.32. The third-order valence-corrected chi connectivity index (χ3v) is 3.79. The van der Waals surface area contributed by atoms with E-state index in [9.17, 15) is 4.79 Å². The molecule has 0 spiro atoms. The lowest BCUT2D eigenvalue weighted by Gasteiger charge is -2.17. The molecule has 1 aliphatic heterocycles. The molecule has 2 aromatic rings. The molecule has 1 aromatic carbocycles. The summed E-state index contributed by atoms with van der Waals surface area (Å²) >= 11 is 0. The highest BCUT2D eigenvalue weighted by Crippen LogP contribution is 2.27. The van der Waals surface area contributed by atoms with Crippen molar-refractivity contribution in [2.24, 2.45) is 0 Å². The number of likely N-dealkylation sites (tertiary alicyclic amines) is 1. The lowest BCUT2D eigenvalue weighted by atomic mass is 10.1. The van der Waals surface area contributed by atoms with Gasteiger partial charge in [-0.1, -0.05) is 17.3 Å². The van der Waals surface area contributed by atoms with E-state index < -0.39 is 0 Å². The second-order valence-corrected chi connectivity index (χ2v) is 6.16. The molecule has 0 radical (unpaired) electrons. The zero-order valence-electron chi connectivity index (χ0n) is 13.7. The van der Waals surface area contributed by atoms with E-state index in [1.54, 1.807) is 6.92 Å². The topological polar surface area (TPSA) is 68.5 Å². The van der Waals surface area contributed by atoms with Gasteiger partial charge in [-0.25, -0.2) is 0 Å². The number of benzene rings is 1. The number of hydrogen-bond acceptors (Lipinski definition) is 5. The number of aromatic nitrogens is 2. The summed E-state index contributed by atoms with van der Waals surface area (Å²) < 4.78 is 10.6. The van der Waals surface area contributed by atoms with E-state index in [1.165, 1.54) is 0 Å². The average molecular weight is 315 g/mol. The van der Waals surface area contributed by atoms with Crippen LogP contribution in [0.15, 0.2) is 28.8 Å². The minimum Gasteiger partial charge on any atom is -0.491 e. The molecule has 2 heterocycles. The molecule has 1 amide bonds. The molecular formula is C17H21N3O3. The zero-order valence-corrected chi connectivity index (χ0v) is 13.7. The Morgan fingerprint density at radius 3 is 2.70 bits per heavy atom. The summed E-state index contributed by atoms with van der Waals surface area (Å²) in [6.45, 7) is 6.97. The number of carbonyl (C=O) groups excluding carboxylic acids is 1. The normalized spacial score (nSPS) is 18.0. The number of aryl methyl sites for hydroxylation is 1. The quantitative estimate of drug-likeness (QED) is 0.848.